The summed E-state index contributed by atoms with van der Waals surface area (Å²) >= 11 is 6.23. The van der Waals surface area contributed by atoms with Crippen LogP contribution in [-0.2, 0) is 0 Å². The first kappa shape index (κ1) is 12.9. The van der Waals surface area contributed by atoms with E-state index in [1.165, 1.54) is 12.8 Å². The van der Waals surface area contributed by atoms with E-state index in [1.54, 1.807) is 0 Å². The highest BCUT2D eigenvalue weighted by molar-refractivity contribution is 6.31. The van der Waals surface area contributed by atoms with Gasteiger partial charge in [-0.1, -0.05) is 29.8 Å². The van der Waals surface area contributed by atoms with Gasteiger partial charge < -0.3 is 5.73 Å². The Balaban J connectivity index is 2.24. The summed E-state index contributed by atoms with van der Waals surface area (Å²) in [7, 11) is 0. The van der Waals surface area contributed by atoms with E-state index >= 15 is 0 Å². The van der Waals surface area contributed by atoms with E-state index < -0.39 is 0 Å². The van der Waals surface area contributed by atoms with Crippen molar-refractivity contribution in [3.8, 4) is 0 Å². The summed E-state index contributed by atoms with van der Waals surface area (Å²) in [6.07, 6.45) is 2.55. The molecule has 1 atom stereocenters. The lowest BCUT2D eigenvalue weighted by atomic mass is 9.88. The van der Waals surface area contributed by atoms with Gasteiger partial charge in [0.1, 0.15) is 0 Å². The van der Waals surface area contributed by atoms with Crippen molar-refractivity contribution in [2.24, 2.45) is 5.73 Å². The number of benzene rings is 1. The van der Waals surface area contributed by atoms with Crippen molar-refractivity contribution in [2.75, 3.05) is 13.1 Å². The molecule has 1 aliphatic rings. The molecule has 2 rings (SSSR count). The maximum absolute atomic E-state index is 6.43. The summed E-state index contributed by atoms with van der Waals surface area (Å²) < 4.78 is 0. The lowest BCUT2D eigenvalue weighted by molar-refractivity contribution is 0.124. The van der Waals surface area contributed by atoms with Gasteiger partial charge in [0.05, 0.1) is 0 Å². The van der Waals surface area contributed by atoms with Crippen LogP contribution in [0.2, 0.25) is 5.02 Å². The number of hydrogen-bond acceptors (Lipinski definition) is 2. The largest absolute Gasteiger partial charge is 0.322 e. The number of nitrogens with two attached hydrogens (primary N) is 1. The summed E-state index contributed by atoms with van der Waals surface area (Å²) in [4.78, 5) is 2.47. The third kappa shape index (κ3) is 2.49. The molecule has 1 aromatic rings. The Bertz CT molecular complexity index is 384. The molecule has 2 nitrogen and oxygen atoms in total. The van der Waals surface area contributed by atoms with Gasteiger partial charge in [-0.05, 0) is 51.4 Å². The molecule has 1 aromatic carbocycles. The molecular weight excluding hydrogens is 232 g/mol. The van der Waals surface area contributed by atoms with Crippen LogP contribution in [0.3, 0.4) is 0 Å². The van der Waals surface area contributed by atoms with Gasteiger partial charge in [0.2, 0.25) is 0 Å². The molecule has 0 bridgehead atoms. The highest BCUT2D eigenvalue weighted by Crippen LogP contribution is 2.34. The maximum Gasteiger partial charge on any atom is 0.0491 e. The van der Waals surface area contributed by atoms with E-state index in [0.717, 1.165) is 23.7 Å². The van der Waals surface area contributed by atoms with Crippen molar-refractivity contribution >= 4 is 11.6 Å². The molecule has 0 radical (unpaired) electrons. The predicted octanol–water partition coefficient (Wildman–Crippen LogP) is 3.21. The highest BCUT2D eigenvalue weighted by Gasteiger charge is 2.36. The summed E-state index contributed by atoms with van der Waals surface area (Å²) in [6, 6.07) is 7.85. The molecule has 0 aromatic heterocycles. The van der Waals surface area contributed by atoms with Gasteiger partial charge in [0.25, 0.3) is 0 Å². The first-order valence-corrected chi connectivity index (χ1v) is 6.66. The first-order valence-electron chi connectivity index (χ1n) is 6.28. The van der Waals surface area contributed by atoms with Gasteiger partial charge >= 0.3 is 0 Å². The van der Waals surface area contributed by atoms with Crippen LogP contribution in [-0.4, -0.2) is 23.5 Å². The molecule has 0 amide bonds. The fraction of sp³-hybridized carbons (Fsp3) is 0.571. The Labute approximate surface area is 109 Å². The van der Waals surface area contributed by atoms with Crippen molar-refractivity contribution in [3.63, 3.8) is 0 Å². The lowest BCUT2D eigenvalue weighted by Crippen LogP contribution is -2.50. The second-order valence-corrected chi connectivity index (χ2v) is 5.75. The minimum absolute atomic E-state index is 0.0402. The average molecular weight is 253 g/mol. The summed E-state index contributed by atoms with van der Waals surface area (Å²) in [6.45, 7) is 6.72. The van der Waals surface area contributed by atoms with Gasteiger partial charge in [-0.15, -0.1) is 0 Å². The van der Waals surface area contributed by atoms with Crippen LogP contribution in [0.15, 0.2) is 24.3 Å². The second kappa shape index (κ2) is 4.97. The van der Waals surface area contributed by atoms with Crippen molar-refractivity contribution in [3.05, 3.63) is 34.9 Å². The summed E-state index contributed by atoms with van der Waals surface area (Å²) in [5, 5.41) is 0.771. The zero-order valence-corrected chi connectivity index (χ0v) is 11.4. The molecule has 0 aliphatic carbocycles. The van der Waals surface area contributed by atoms with Gasteiger partial charge in [-0.2, -0.15) is 0 Å². The van der Waals surface area contributed by atoms with Gasteiger partial charge in [-0.3, -0.25) is 4.90 Å². The van der Waals surface area contributed by atoms with E-state index in [0.29, 0.717) is 0 Å². The van der Waals surface area contributed by atoms with Crippen LogP contribution in [0.25, 0.3) is 0 Å². The van der Waals surface area contributed by atoms with Gasteiger partial charge in [-0.25, -0.2) is 0 Å². The number of rotatable bonds is 3. The molecule has 0 saturated carbocycles. The van der Waals surface area contributed by atoms with Crippen molar-refractivity contribution in [2.45, 2.75) is 38.3 Å². The topological polar surface area (TPSA) is 29.3 Å². The van der Waals surface area contributed by atoms with Crippen molar-refractivity contribution in [1.82, 2.24) is 4.90 Å². The van der Waals surface area contributed by atoms with Gasteiger partial charge in [0.15, 0.2) is 0 Å². The van der Waals surface area contributed by atoms with E-state index in [4.69, 9.17) is 17.3 Å². The van der Waals surface area contributed by atoms with E-state index in [-0.39, 0.29) is 11.6 Å². The smallest absolute Gasteiger partial charge is 0.0491 e. The van der Waals surface area contributed by atoms with Crippen LogP contribution in [0, 0.1) is 0 Å². The first-order chi connectivity index (χ1) is 8.03. The van der Waals surface area contributed by atoms with E-state index in [9.17, 15) is 0 Å². The minimum atomic E-state index is -0.0469. The number of likely N-dealkylation sites (tertiary alicyclic amines) is 1. The van der Waals surface area contributed by atoms with Crippen molar-refractivity contribution < 1.29 is 0 Å². The number of halogens is 1. The standard InChI is InChI=1S/C14H21ClN2/c1-14(2,17-9-5-6-10-17)13(16)11-7-3-4-8-12(11)15/h3-4,7-8,13H,5-6,9-10,16H2,1-2H3. The lowest BCUT2D eigenvalue weighted by Gasteiger charge is -2.40. The Morgan fingerprint density at radius 3 is 2.41 bits per heavy atom. The number of hydrogen-bond donors (Lipinski definition) is 1. The molecule has 1 aliphatic heterocycles. The average Bonchev–Trinajstić information content (AvgIpc) is 2.83. The van der Waals surface area contributed by atoms with Crippen LogP contribution in [0.1, 0.15) is 38.3 Å². The minimum Gasteiger partial charge on any atom is -0.322 e. The summed E-state index contributed by atoms with van der Waals surface area (Å²) in [5.41, 5.74) is 7.43. The molecule has 3 heteroatoms. The van der Waals surface area contributed by atoms with Crippen LogP contribution in [0.4, 0.5) is 0 Å². The quantitative estimate of drug-likeness (QED) is 0.895. The molecule has 2 N–H and O–H groups in total. The van der Waals surface area contributed by atoms with Crippen LogP contribution in [0.5, 0.6) is 0 Å². The predicted molar refractivity (Wildman–Crippen MR) is 73.3 cm³/mol. The third-order valence-corrected chi connectivity index (χ3v) is 4.27. The second-order valence-electron chi connectivity index (χ2n) is 5.35. The van der Waals surface area contributed by atoms with E-state index in [2.05, 4.69) is 18.7 Å². The zero-order valence-electron chi connectivity index (χ0n) is 10.6. The Morgan fingerprint density at radius 1 is 1.24 bits per heavy atom. The Kier molecular flexibility index (Phi) is 3.76. The Hall–Kier alpha value is -0.570. The highest BCUT2D eigenvalue weighted by atomic mass is 35.5. The molecule has 17 heavy (non-hydrogen) atoms. The molecular formula is C14H21ClN2. The molecule has 94 valence electrons. The monoisotopic (exact) mass is 252 g/mol. The number of nitrogens with zero attached hydrogens (tertiary/aromatic N) is 1. The molecule has 1 heterocycles. The van der Waals surface area contributed by atoms with Crippen LogP contribution >= 0.6 is 11.6 Å². The van der Waals surface area contributed by atoms with Gasteiger partial charge in [0, 0.05) is 16.6 Å². The fourth-order valence-electron chi connectivity index (χ4n) is 2.60. The Morgan fingerprint density at radius 2 is 1.82 bits per heavy atom. The molecule has 0 spiro atoms. The maximum atomic E-state index is 6.43. The SMILES string of the molecule is CC(C)(C(N)c1ccccc1Cl)N1CCCC1. The molecule has 1 fully saturated rings. The zero-order chi connectivity index (χ0) is 12.5. The summed E-state index contributed by atoms with van der Waals surface area (Å²) in [5.74, 6) is 0. The fourth-order valence-corrected chi connectivity index (χ4v) is 2.85. The normalized spacial score (nSPS) is 19.5. The van der Waals surface area contributed by atoms with E-state index in [1.807, 2.05) is 24.3 Å². The van der Waals surface area contributed by atoms with Crippen LogP contribution < -0.4 is 5.73 Å². The molecule has 1 saturated heterocycles. The molecule has 1 unspecified atom stereocenters. The van der Waals surface area contributed by atoms with Crippen molar-refractivity contribution in [1.29, 1.82) is 0 Å². The third-order valence-electron chi connectivity index (χ3n) is 3.92.